The zero-order valence-corrected chi connectivity index (χ0v) is 19.1. The van der Waals surface area contributed by atoms with E-state index in [0.29, 0.717) is 43.2 Å². The number of amides is 1. The summed E-state index contributed by atoms with van der Waals surface area (Å²) in [4.78, 5) is 37.1. The van der Waals surface area contributed by atoms with Crippen molar-refractivity contribution < 1.29 is 14.3 Å². The average molecular weight is 464 g/mol. The minimum Gasteiger partial charge on any atom is -0.378 e. The van der Waals surface area contributed by atoms with E-state index in [1.165, 1.54) is 0 Å². The van der Waals surface area contributed by atoms with Crippen molar-refractivity contribution in [1.29, 1.82) is 0 Å². The van der Waals surface area contributed by atoms with Crippen molar-refractivity contribution in [3.05, 3.63) is 58.5 Å². The highest BCUT2D eigenvalue weighted by molar-refractivity contribution is 5.95. The molecular formula is C25H29N5O4. The van der Waals surface area contributed by atoms with Crippen molar-refractivity contribution in [2.75, 3.05) is 67.7 Å². The van der Waals surface area contributed by atoms with Gasteiger partial charge in [-0.25, -0.2) is 4.98 Å². The SMILES string of the molecule is O=C(CCc1nc2ccccc2[nH]c1=O)Nc1ccc(N2CCOCC2)cc1N1CCOCC1. The van der Waals surface area contributed by atoms with Gasteiger partial charge in [-0.2, -0.15) is 0 Å². The molecule has 1 amide bonds. The van der Waals surface area contributed by atoms with Crippen LogP contribution in [0.15, 0.2) is 47.3 Å². The second-order valence-electron chi connectivity index (χ2n) is 8.48. The number of hydrogen-bond donors (Lipinski definition) is 2. The number of anilines is 3. The second-order valence-corrected chi connectivity index (χ2v) is 8.48. The Morgan fingerprint density at radius 1 is 0.971 bits per heavy atom. The number of aromatic nitrogens is 2. The summed E-state index contributed by atoms with van der Waals surface area (Å²) in [5.74, 6) is -0.150. The fourth-order valence-corrected chi connectivity index (χ4v) is 4.39. The molecule has 9 heteroatoms. The fraction of sp³-hybridized carbons (Fsp3) is 0.400. The molecule has 2 N–H and O–H groups in total. The van der Waals surface area contributed by atoms with Crippen LogP contribution in [0.25, 0.3) is 11.0 Å². The summed E-state index contributed by atoms with van der Waals surface area (Å²) in [5.41, 5.74) is 4.39. The van der Waals surface area contributed by atoms with Gasteiger partial charge in [0.1, 0.15) is 5.69 Å². The minimum atomic E-state index is -0.254. The number of rotatable bonds is 6. The van der Waals surface area contributed by atoms with E-state index in [4.69, 9.17) is 9.47 Å². The lowest BCUT2D eigenvalue weighted by Gasteiger charge is -2.33. The number of carbonyl (C=O) groups excluding carboxylic acids is 1. The van der Waals surface area contributed by atoms with Crippen LogP contribution < -0.4 is 20.7 Å². The van der Waals surface area contributed by atoms with E-state index in [2.05, 4.69) is 31.2 Å². The summed E-state index contributed by atoms with van der Waals surface area (Å²) in [5, 5.41) is 3.06. The number of morpholine rings is 2. The maximum absolute atomic E-state index is 12.9. The molecule has 0 aliphatic carbocycles. The van der Waals surface area contributed by atoms with Crippen molar-refractivity contribution in [1.82, 2.24) is 9.97 Å². The summed E-state index contributed by atoms with van der Waals surface area (Å²) in [6.07, 6.45) is 0.437. The standard InChI is InChI=1S/C25H29N5O4/c31-24(8-7-22-25(32)28-20-4-2-1-3-19(20)26-22)27-21-6-5-18(29-9-13-33-14-10-29)17-23(21)30-11-15-34-16-12-30/h1-6,17H,7-16H2,(H,27,31)(H,28,32). The number of H-pyrrole nitrogens is 1. The van der Waals surface area contributed by atoms with E-state index in [0.717, 1.165) is 43.2 Å². The highest BCUT2D eigenvalue weighted by atomic mass is 16.5. The van der Waals surface area contributed by atoms with E-state index >= 15 is 0 Å². The lowest BCUT2D eigenvalue weighted by Crippen LogP contribution is -2.38. The fourth-order valence-electron chi connectivity index (χ4n) is 4.39. The van der Waals surface area contributed by atoms with Crippen molar-refractivity contribution >= 4 is 34.0 Å². The number of para-hydroxylation sites is 2. The molecule has 0 atom stereocenters. The predicted molar refractivity (Wildman–Crippen MR) is 132 cm³/mol. The Kier molecular flexibility index (Phi) is 6.73. The first-order valence-corrected chi connectivity index (χ1v) is 11.7. The lowest BCUT2D eigenvalue weighted by atomic mass is 10.1. The van der Waals surface area contributed by atoms with Gasteiger partial charge in [-0.1, -0.05) is 12.1 Å². The Balaban J connectivity index is 1.32. The van der Waals surface area contributed by atoms with Crippen LogP contribution in [-0.4, -0.2) is 68.5 Å². The van der Waals surface area contributed by atoms with E-state index in [-0.39, 0.29) is 24.3 Å². The van der Waals surface area contributed by atoms with Gasteiger partial charge in [0.05, 0.1) is 48.8 Å². The minimum absolute atomic E-state index is 0.150. The number of aromatic amines is 1. The smallest absolute Gasteiger partial charge is 0.270 e. The van der Waals surface area contributed by atoms with Gasteiger partial charge in [0.15, 0.2) is 0 Å². The molecule has 2 aromatic carbocycles. The summed E-state index contributed by atoms with van der Waals surface area (Å²) in [6.45, 7) is 5.98. The summed E-state index contributed by atoms with van der Waals surface area (Å²) in [6, 6.07) is 13.5. The Morgan fingerprint density at radius 2 is 1.68 bits per heavy atom. The predicted octanol–water partition coefficient (Wildman–Crippen LogP) is 2.17. The maximum Gasteiger partial charge on any atom is 0.270 e. The average Bonchev–Trinajstić information content (AvgIpc) is 2.88. The largest absolute Gasteiger partial charge is 0.378 e. The molecule has 1 aromatic heterocycles. The first-order valence-electron chi connectivity index (χ1n) is 11.7. The summed E-state index contributed by atoms with van der Waals surface area (Å²) >= 11 is 0. The Hall–Kier alpha value is -3.43. The van der Waals surface area contributed by atoms with Gasteiger partial charge < -0.3 is 29.6 Å². The number of carbonyl (C=O) groups is 1. The molecule has 0 spiro atoms. The van der Waals surface area contributed by atoms with Gasteiger partial charge in [0.25, 0.3) is 5.56 Å². The molecule has 3 aromatic rings. The number of benzene rings is 2. The Labute approximate surface area is 197 Å². The topological polar surface area (TPSA) is 99.8 Å². The Morgan fingerprint density at radius 3 is 2.44 bits per heavy atom. The summed E-state index contributed by atoms with van der Waals surface area (Å²) < 4.78 is 11.0. The van der Waals surface area contributed by atoms with Crippen molar-refractivity contribution in [2.45, 2.75) is 12.8 Å². The molecule has 0 saturated carbocycles. The van der Waals surface area contributed by atoms with Gasteiger partial charge in [-0.05, 0) is 30.3 Å². The first kappa shape index (κ1) is 22.4. The molecule has 2 aliphatic heterocycles. The second kappa shape index (κ2) is 10.2. The third-order valence-electron chi connectivity index (χ3n) is 6.24. The molecular weight excluding hydrogens is 434 g/mol. The quantitative estimate of drug-likeness (QED) is 0.578. The molecule has 5 rings (SSSR count). The van der Waals surface area contributed by atoms with Gasteiger partial charge >= 0.3 is 0 Å². The van der Waals surface area contributed by atoms with Crippen molar-refractivity contribution in [2.24, 2.45) is 0 Å². The van der Waals surface area contributed by atoms with E-state index in [9.17, 15) is 9.59 Å². The highest BCUT2D eigenvalue weighted by Gasteiger charge is 2.20. The molecule has 0 bridgehead atoms. The van der Waals surface area contributed by atoms with E-state index in [1.54, 1.807) is 0 Å². The number of ether oxygens (including phenoxy) is 2. The molecule has 2 fully saturated rings. The third kappa shape index (κ3) is 5.05. The van der Waals surface area contributed by atoms with Gasteiger partial charge in [-0.15, -0.1) is 0 Å². The lowest BCUT2D eigenvalue weighted by molar-refractivity contribution is -0.116. The molecule has 34 heavy (non-hydrogen) atoms. The van der Waals surface area contributed by atoms with Crippen LogP contribution in [0.3, 0.4) is 0 Å². The monoisotopic (exact) mass is 463 g/mol. The summed E-state index contributed by atoms with van der Waals surface area (Å²) in [7, 11) is 0. The molecule has 2 saturated heterocycles. The number of fused-ring (bicyclic) bond motifs is 1. The maximum atomic E-state index is 12.9. The zero-order chi connectivity index (χ0) is 23.3. The molecule has 2 aliphatic rings. The van der Waals surface area contributed by atoms with Crippen molar-refractivity contribution in [3.63, 3.8) is 0 Å². The number of aryl methyl sites for hydroxylation is 1. The molecule has 3 heterocycles. The normalized spacial score (nSPS) is 16.6. The van der Waals surface area contributed by atoms with Crippen LogP contribution in [0.5, 0.6) is 0 Å². The third-order valence-corrected chi connectivity index (χ3v) is 6.24. The van der Waals surface area contributed by atoms with Crippen molar-refractivity contribution in [3.8, 4) is 0 Å². The first-order chi connectivity index (χ1) is 16.7. The molecule has 9 nitrogen and oxygen atoms in total. The van der Waals surface area contributed by atoms with Gasteiger partial charge in [0.2, 0.25) is 5.91 Å². The highest BCUT2D eigenvalue weighted by Crippen LogP contribution is 2.32. The van der Waals surface area contributed by atoms with E-state index < -0.39 is 0 Å². The zero-order valence-electron chi connectivity index (χ0n) is 19.1. The van der Waals surface area contributed by atoms with Crippen LogP contribution in [0, 0.1) is 0 Å². The van der Waals surface area contributed by atoms with Crippen LogP contribution >= 0.6 is 0 Å². The van der Waals surface area contributed by atoms with Crippen LogP contribution in [0.4, 0.5) is 17.1 Å². The number of nitrogens with zero attached hydrogens (tertiary/aromatic N) is 3. The van der Waals surface area contributed by atoms with Crippen LogP contribution in [0.1, 0.15) is 12.1 Å². The van der Waals surface area contributed by atoms with E-state index in [1.807, 2.05) is 36.4 Å². The molecule has 0 unspecified atom stereocenters. The van der Waals surface area contributed by atoms with Gasteiger partial charge in [-0.3, -0.25) is 9.59 Å². The van der Waals surface area contributed by atoms with Crippen LogP contribution in [-0.2, 0) is 20.7 Å². The number of nitrogens with one attached hydrogen (secondary N) is 2. The number of hydrogen-bond acceptors (Lipinski definition) is 7. The van der Waals surface area contributed by atoms with Crippen LogP contribution in [0.2, 0.25) is 0 Å². The molecule has 0 radical (unpaired) electrons. The van der Waals surface area contributed by atoms with Gasteiger partial charge in [0, 0.05) is 44.7 Å². The molecule has 178 valence electrons. The Bertz CT molecular complexity index is 1220.